The molecule has 5 nitrogen and oxygen atoms in total. The van der Waals surface area contributed by atoms with Crippen molar-refractivity contribution < 1.29 is 9.53 Å². The lowest BCUT2D eigenvalue weighted by molar-refractivity contribution is -0.179. The van der Waals surface area contributed by atoms with Crippen molar-refractivity contribution in [1.82, 2.24) is 9.80 Å². The lowest BCUT2D eigenvalue weighted by atomic mass is 9.54. The van der Waals surface area contributed by atoms with Crippen molar-refractivity contribution in [2.24, 2.45) is 17.1 Å². The summed E-state index contributed by atoms with van der Waals surface area (Å²) >= 11 is 0. The maximum Gasteiger partial charge on any atom is 0.243 e. The van der Waals surface area contributed by atoms with Gasteiger partial charge in [0.15, 0.2) is 0 Å². The summed E-state index contributed by atoms with van der Waals surface area (Å²) in [4.78, 5) is 17.9. The van der Waals surface area contributed by atoms with E-state index in [4.69, 9.17) is 10.5 Å². The number of amides is 1. The van der Waals surface area contributed by atoms with Crippen LogP contribution < -0.4 is 5.73 Å². The monoisotopic (exact) mass is 437 g/mol. The normalized spacial score (nSPS) is 31.1. The number of nitrogens with zero attached hydrogens (tertiary/aromatic N) is 2. The van der Waals surface area contributed by atoms with Crippen LogP contribution in [0.25, 0.3) is 0 Å². The van der Waals surface area contributed by atoms with E-state index in [1.807, 2.05) is 11.8 Å². The number of halogens is 2. The molecule has 0 bridgehead atoms. The van der Waals surface area contributed by atoms with Gasteiger partial charge in [-0.15, -0.1) is 24.8 Å². The van der Waals surface area contributed by atoms with Crippen molar-refractivity contribution in [3.05, 3.63) is 0 Å². The molecule has 0 aromatic heterocycles. The van der Waals surface area contributed by atoms with Gasteiger partial charge in [0.05, 0.1) is 6.10 Å². The average Bonchev–Trinajstić information content (AvgIpc) is 2.87. The fourth-order valence-corrected chi connectivity index (χ4v) is 5.17. The third-order valence-corrected chi connectivity index (χ3v) is 7.33. The van der Waals surface area contributed by atoms with E-state index in [1.165, 1.54) is 38.6 Å². The summed E-state index contributed by atoms with van der Waals surface area (Å²) < 4.78 is 5.79. The van der Waals surface area contributed by atoms with E-state index in [2.05, 4.69) is 18.7 Å². The smallest absolute Gasteiger partial charge is 0.243 e. The molecule has 28 heavy (non-hydrogen) atoms. The largest absolute Gasteiger partial charge is 0.378 e. The van der Waals surface area contributed by atoms with Crippen LogP contribution in [0.1, 0.15) is 65.7 Å². The van der Waals surface area contributed by atoms with Crippen LogP contribution in [0, 0.1) is 11.3 Å². The molecule has 0 radical (unpaired) electrons. The molecule has 7 heteroatoms. The highest BCUT2D eigenvalue weighted by Crippen LogP contribution is 2.50. The van der Waals surface area contributed by atoms with Gasteiger partial charge in [0.2, 0.25) is 5.91 Å². The van der Waals surface area contributed by atoms with Gasteiger partial charge in [-0.3, -0.25) is 4.79 Å². The first-order chi connectivity index (χ1) is 12.4. The zero-order chi connectivity index (χ0) is 18.8. The highest BCUT2D eigenvalue weighted by atomic mass is 35.5. The van der Waals surface area contributed by atoms with Crippen molar-refractivity contribution in [2.75, 3.05) is 39.3 Å². The molecule has 1 heterocycles. The summed E-state index contributed by atoms with van der Waals surface area (Å²) in [6, 6.07) is 0. The van der Waals surface area contributed by atoms with Gasteiger partial charge in [-0.25, -0.2) is 0 Å². The third kappa shape index (κ3) is 5.15. The van der Waals surface area contributed by atoms with Crippen LogP contribution in [-0.2, 0) is 9.53 Å². The highest BCUT2D eigenvalue weighted by molar-refractivity contribution is 5.89. The van der Waals surface area contributed by atoms with E-state index >= 15 is 0 Å². The van der Waals surface area contributed by atoms with Crippen LogP contribution in [0.15, 0.2) is 0 Å². The molecule has 3 aliphatic rings. The summed E-state index contributed by atoms with van der Waals surface area (Å²) in [5, 5.41) is 0. The molecule has 0 aromatic rings. The Bertz CT molecular complexity index is 500. The minimum Gasteiger partial charge on any atom is -0.378 e. The Labute approximate surface area is 183 Å². The van der Waals surface area contributed by atoms with Crippen LogP contribution in [0.2, 0.25) is 0 Å². The molecule has 0 spiro atoms. The predicted molar refractivity (Wildman–Crippen MR) is 119 cm³/mol. The number of hydrogen-bond acceptors (Lipinski definition) is 4. The molecule has 1 saturated heterocycles. The van der Waals surface area contributed by atoms with Gasteiger partial charge in [0.1, 0.15) is 5.54 Å². The van der Waals surface area contributed by atoms with Gasteiger partial charge in [-0.05, 0) is 38.6 Å². The summed E-state index contributed by atoms with van der Waals surface area (Å²) in [6.07, 6.45) is 8.78. The average molecular weight is 438 g/mol. The second-order valence-electron chi connectivity index (χ2n) is 9.29. The van der Waals surface area contributed by atoms with Crippen molar-refractivity contribution in [3.8, 4) is 0 Å². The minimum absolute atomic E-state index is 0. The zero-order valence-corrected chi connectivity index (χ0v) is 19.6. The van der Waals surface area contributed by atoms with Crippen LogP contribution >= 0.6 is 24.8 Å². The number of carbonyl (C=O) groups excluding carboxylic acids is 1. The highest BCUT2D eigenvalue weighted by Gasteiger charge is 2.63. The first-order valence-electron chi connectivity index (χ1n) is 10.8. The maximum absolute atomic E-state index is 13.2. The van der Waals surface area contributed by atoms with E-state index < -0.39 is 5.54 Å². The van der Waals surface area contributed by atoms with Crippen LogP contribution in [0.3, 0.4) is 0 Å². The summed E-state index contributed by atoms with van der Waals surface area (Å²) in [5.74, 6) is 1.00. The third-order valence-electron chi connectivity index (χ3n) is 7.33. The molecule has 1 amide bonds. The molecule has 2 aliphatic carbocycles. The van der Waals surface area contributed by atoms with Crippen molar-refractivity contribution in [2.45, 2.75) is 77.4 Å². The first-order valence-corrected chi connectivity index (χ1v) is 10.8. The standard InChI is InChI=1S/C21H39N3O2.2ClH/c1-4-26-18-15-21(22,20(18,2)3)19(25)24-12-8-11-23(13-14-24)16-17-9-6-5-7-10-17;;/h17-18H,4-16,22H2,1-3H3;2*1H. The summed E-state index contributed by atoms with van der Waals surface area (Å²) in [6.45, 7) is 11.8. The van der Waals surface area contributed by atoms with Crippen LogP contribution in [-0.4, -0.2) is 66.7 Å². The topological polar surface area (TPSA) is 58.8 Å². The second-order valence-corrected chi connectivity index (χ2v) is 9.29. The fraction of sp³-hybridized carbons (Fsp3) is 0.952. The van der Waals surface area contributed by atoms with Crippen molar-refractivity contribution in [3.63, 3.8) is 0 Å². The van der Waals surface area contributed by atoms with Crippen molar-refractivity contribution >= 4 is 30.7 Å². The molecule has 2 N–H and O–H groups in total. The van der Waals surface area contributed by atoms with Gasteiger partial charge < -0.3 is 20.3 Å². The molecule has 1 aliphatic heterocycles. The van der Waals surface area contributed by atoms with E-state index in [-0.39, 0.29) is 42.2 Å². The van der Waals surface area contributed by atoms with E-state index in [0.29, 0.717) is 13.0 Å². The molecule has 2 atom stereocenters. The molecule has 2 unspecified atom stereocenters. The quantitative estimate of drug-likeness (QED) is 0.714. The Kier molecular flexibility index (Phi) is 10.0. The van der Waals surface area contributed by atoms with Crippen molar-refractivity contribution in [1.29, 1.82) is 0 Å². The SMILES string of the molecule is CCOC1CC(N)(C(=O)N2CCCN(CC3CCCCC3)CC2)C1(C)C.Cl.Cl. The number of rotatable bonds is 5. The lowest BCUT2D eigenvalue weighted by Crippen LogP contribution is -2.76. The van der Waals surface area contributed by atoms with Gasteiger partial charge in [-0.2, -0.15) is 0 Å². The van der Waals surface area contributed by atoms with Crippen LogP contribution in [0.4, 0.5) is 0 Å². The zero-order valence-electron chi connectivity index (χ0n) is 18.0. The van der Waals surface area contributed by atoms with Gasteiger partial charge in [-0.1, -0.05) is 33.1 Å². The van der Waals surface area contributed by atoms with E-state index in [9.17, 15) is 4.79 Å². The molecule has 166 valence electrons. The predicted octanol–water partition coefficient (Wildman–Crippen LogP) is 3.48. The first kappa shape index (κ1) is 26.0. The second kappa shape index (κ2) is 10.8. The van der Waals surface area contributed by atoms with E-state index in [0.717, 1.165) is 38.5 Å². The maximum atomic E-state index is 13.2. The summed E-state index contributed by atoms with van der Waals surface area (Å²) in [7, 11) is 0. The van der Waals surface area contributed by atoms with Gasteiger partial charge in [0.25, 0.3) is 0 Å². The van der Waals surface area contributed by atoms with Gasteiger partial charge in [0, 0.05) is 44.6 Å². The fourth-order valence-electron chi connectivity index (χ4n) is 5.17. The molecule has 3 rings (SSSR count). The lowest BCUT2D eigenvalue weighted by Gasteiger charge is -2.58. The summed E-state index contributed by atoms with van der Waals surface area (Å²) in [5.41, 5.74) is 5.56. The Morgan fingerprint density at radius 3 is 2.32 bits per heavy atom. The molecule has 3 fully saturated rings. The molecule has 2 saturated carbocycles. The number of nitrogens with two attached hydrogens (primary N) is 1. The molecular formula is C21H41Cl2N3O2. The Balaban J connectivity index is 0.00000196. The van der Waals surface area contributed by atoms with Gasteiger partial charge >= 0.3 is 0 Å². The Hall–Kier alpha value is -0.0700. The Morgan fingerprint density at radius 2 is 1.71 bits per heavy atom. The minimum atomic E-state index is -0.772. The number of carbonyl (C=O) groups is 1. The number of hydrogen-bond donors (Lipinski definition) is 1. The molecule has 0 aromatic carbocycles. The number of ether oxygens (including phenoxy) is 1. The van der Waals surface area contributed by atoms with Crippen LogP contribution in [0.5, 0.6) is 0 Å². The molecular weight excluding hydrogens is 397 g/mol. The van der Waals surface area contributed by atoms with E-state index in [1.54, 1.807) is 0 Å². The Morgan fingerprint density at radius 1 is 1.04 bits per heavy atom.